The predicted molar refractivity (Wildman–Crippen MR) is 119 cm³/mol. The first kappa shape index (κ1) is 21.4. The fourth-order valence-electron chi connectivity index (χ4n) is 3.02. The molecule has 2 aromatic heterocycles. The Bertz CT molecular complexity index is 1110. The number of nitriles is 1. The number of carbonyl (C=O) groups excluding carboxylic acids is 1. The Balaban J connectivity index is 1.94. The van der Waals surface area contributed by atoms with Gasteiger partial charge >= 0.3 is 5.97 Å². The van der Waals surface area contributed by atoms with E-state index in [9.17, 15) is 10.1 Å². The lowest BCUT2D eigenvalue weighted by Crippen LogP contribution is -2.07. The first-order valence-electron chi connectivity index (χ1n) is 9.70. The SMILES string of the molecule is CCOC(=O)c1c(C(C#N)=Cc2ccc(-c3ccc(OCC)cc3)o2)sc(C)c1C. The molecule has 0 bridgehead atoms. The van der Waals surface area contributed by atoms with E-state index in [1.165, 1.54) is 11.3 Å². The van der Waals surface area contributed by atoms with Gasteiger partial charge in [0.15, 0.2) is 0 Å². The number of ether oxygens (including phenoxy) is 2. The van der Waals surface area contributed by atoms with Gasteiger partial charge < -0.3 is 13.9 Å². The number of furan rings is 1. The molecule has 0 aliphatic heterocycles. The number of nitrogens with zero attached hydrogens (tertiary/aromatic N) is 1. The van der Waals surface area contributed by atoms with Crippen molar-refractivity contribution < 1.29 is 18.7 Å². The molecule has 0 atom stereocenters. The zero-order valence-electron chi connectivity index (χ0n) is 17.4. The monoisotopic (exact) mass is 421 g/mol. The summed E-state index contributed by atoms with van der Waals surface area (Å²) in [5, 5.41) is 9.76. The van der Waals surface area contributed by atoms with Crippen LogP contribution in [0.25, 0.3) is 23.0 Å². The van der Waals surface area contributed by atoms with Crippen molar-refractivity contribution in [1.82, 2.24) is 0 Å². The Hall–Kier alpha value is -3.30. The van der Waals surface area contributed by atoms with Gasteiger partial charge in [0.2, 0.25) is 0 Å². The van der Waals surface area contributed by atoms with Crippen LogP contribution in [0.15, 0.2) is 40.8 Å². The van der Waals surface area contributed by atoms with E-state index in [4.69, 9.17) is 13.9 Å². The molecule has 154 valence electrons. The van der Waals surface area contributed by atoms with Gasteiger partial charge in [0, 0.05) is 16.5 Å². The van der Waals surface area contributed by atoms with Gasteiger partial charge in [-0.05, 0) is 69.7 Å². The molecule has 3 aromatic rings. The van der Waals surface area contributed by atoms with Crippen molar-refractivity contribution in [3.63, 3.8) is 0 Å². The minimum absolute atomic E-state index is 0.280. The molecule has 5 nitrogen and oxygen atoms in total. The minimum Gasteiger partial charge on any atom is -0.494 e. The standard InChI is InChI=1S/C24H23NO4S/c1-5-27-19-9-7-17(8-10-19)21-12-11-20(29-21)13-18(14-25)23-22(24(26)28-6-2)15(3)16(4)30-23/h7-13H,5-6H2,1-4H3. The maximum Gasteiger partial charge on any atom is 0.339 e. The second-order valence-electron chi connectivity index (χ2n) is 6.54. The minimum atomic E-state index is -0.412. The molecule has 0 N–H and O–H groups in total. The smallest absolute Gasteiger partial charge is 0.339 e. The van der Waals surface area contributed by atoms with E-state index in [0.717, 1.165) is 21.8 Å². The molecule has 6 heteroatoms. The molecule has 3 rings (SSSR count). The first-order chi connectivity index (χ1) is 14.5. The fraction of sp³-hybridized carbons (Fsp3) is 0.250. The Morgan fingerprint density at radius 1 is 1.13 bits per heavy atom. The number of carbonyl (C=O) groups is 1. The molecule has 0 aliphatic carbocycles. The highest BCUT2D eigenvalue weighted by Crippen LogP contribution is 2.35. The van der Waals surface area contributed by atoms with Gasteiger partial charge in [0.25, 0.3) is 0 Å². The van der Waals surface area contributed by atoms with Crippen LogP contribution in [0, 0.1) is 25.2 Å². The normalized spacial score (nSPS) is 11.2. The third-order valence-electron chi connectivity index (χ3n) is 4.59. The quantitative estimate of drug-likeness (QED) is 0.332. The van der Waals surface area contributed by atoms with Crippen molar-refractivity contribution in [3.05, 3.63) is 63.0 Å². The van der Waals surface area contributed by atoms with E-state index in [0.29, 0.717) is 34.1 Å². The Labute approximate surface area is 180 Å². The molecule has 0 radical (unpaired) electrons. The zero-order valence-corrected chi connectivity index (χ0v) is 18.3. The molecule has 0 saturated carbocycles. The van der Waals surface area contributed by atoms with Crippen LogP contribution in [-0.4, -0.2) is 19.2 Å². The van der Waals surface area contributed by atoms with Crippen LogP contribution < -0.4 is 4.74 Å². The maximum absolute atomic E-state index is 12.4. The molecule has 30 heavy (non-hydrogen) atoms. The predicted octanol–water partition coefficient (Wildman–Crippen LogP) is 6.26. The van der Waals surface area contributed by atoms with Gasteiger partial charge in [-0.1, -0.05) is 0 Å². The van der Waals surface area contributed by atoms with Crippen LogP contribution in [-0.2, 0) is 4.74 Å². The van der Waals surface area contributed by atoms with E-state index in [2.05, 4.69) is 6.07 Å². The summed E-state index contributed by atoms with van der Waals surface area (Å²) in [6.45, 7) is 8.39. The average molecular weight is 422 g/mol. The van der Waals surface area contributed by atoms with Crippen molar-refractivity contribution in [3.8, 4) is 23.1 Å². The number of hydrogen-bond acceptors (Lipinski definition) is 6. The van der Waals surface area contributed by atoms with Crippen molar-refractivity contribution in [2.45, 2.75) is 27.7 Å². The van der Waals surface area contributed by atoms with E-state index in [1.807, 2.05) is 51.1 Å². The summed E-state index contributed by atoms with van der Waals surface area (Å²) in [5.74, 6) is 1.61. The topological polar surface area (TPSA) is 72.5 Å². The van der Waals surface area contributed by atoms with Gasteiger partial charge in [-0.25, -0.2) is 4.79 Å². The van der Waals surface area contributed by atoms with Crippen molar-refractivity contribution in [2.75, 3.05) is 13.2 Å². The van der Waals surface area contributed by atoms with Gasteiger partial charge in [-0.2, -0.15) is 5.26 Å². The molecule has 0 unspecified atom stereocenters. The van der Waals surface area contributed by atoms with Crippen LogP contribution in [0.5, 0.6) is 5.75 Å². The number of hydrogen-bond donors (Lipinski definition) is 0. The van der Waals surface area contributed by atoms with Gasteiger partial charge in [0.1, 0.15) is 23.3 Å². The first-order valence-corrected chi connectivity index (χ1v) is 10.5. The summed E-state index contributed by atoms with van der Waals surface area (Å²) < 4.78 is 16.6. The third-order valence-corrected chi connectivity index (χ3v) is 5.83. The Kier molecular flexibility index (Phi) is 6.76. The summed E-state index contributed by atoms with van der Waals surface area (Å²) in [6, 6.07) is 13.5. The van der Waals surface area contributed by atoms with Crippen molar-refractivity contribution in [2.24, 2.45) is 0 Å². The zero-order chi connectivity index (χ0) is 21.7. The van der Waals surface area contributed by atoms with Gasteiger partial charge in [-0.3, -0.25) is 0 Å². The second kappa shape index (κ2) is 9.47. The molecule has 0 aliphatic rings. The molecular weight excluding hydrogens is 398 g/mol. The number of esters is 1. The van der Waals surface area contributed by atoms with Crippen LogP contribution in [0.1, 0.15) is 45.3 Å². The number of thiophene rings is 1. The van der Waals surface area contributed by atoms with Crippen LogP contribution in [0.2, 0.25) is 0 Å². The average Bonchev–Trinajstić information content (AvgIpc) is 3.32. The fourth-order valence-corrected chi connectivity index (χ4v) is 4.14. The van der Waals surface area contributed by atoms with E-state index in [1.54, 1.807) is 19.1 Å². The molecular formula is C24H23NO4S. The van der Waals surface area contributed by atoms with Crippen LogP contribution in [0.3, 0.4) is 0 Å². The largest absolute Gasteiger partial charge is 0.494 e. The Morgan fingerprint density at radius 2 is 1.87 bits per heavy atom. The summed E-state index contributed by atoms with van der Waals surface area (Å²) in [4.78, 5) is 14.0. The Morgan fingerprint density at radius 3 is 2.50 bits per heavy atom. The maximum atomic E-state index is 12.4. The highest BCUT2D eigenvalue weighted by atomic mass is 32.1. The summed E-state index contributed by atoms with van der Waals surface area (Å²) in [5.41, 5.74) is 2.56. The number of rotatable bonds is 7. The summed E-state index contributed by atoms with van der Waals surface area (Å²) >= 11 is 1.41. The van der Waals surface area contributed by atoms with E-state index < -0.39 is 5.97 Å². The molecule has 0 saturated heterocycles. The summed E-state index contributed by atoms with van der Waals surface area (Å²) in [6.07, 6.45) is 1.66. The van der Waals surface area contributed by atoms with Crippen LogP contribution in [0.4, 0.5) is 0 Å². The number of benzene rings is 1. The van der Waals surface area contributed by atoms with E-state index in [-0.39, 0.29) is 6.61 Å². The molecule has 1 aromatic carbocycles. The lowest BCUT2D eigenvalue weighted by molar-refractivity contribution is 0.0526. The van der Waals surface area contributed by atoms with E-state index >= 15 is 0 Å². The van der Waals surface area contributed by atoms with Gasteiger partial charge in [0.05, 0.1) is 29.2 Å². The number of aryl methyl sites for hydroxylation is 1. The highest BCUT2D eigenvalue weighted by molar-refractivity contribution is 7.13. The van der Waals surface area contributed by atoms with Crippen LogP contribution >= 0.6 is 11.3 Å². The molecule has 0 spiro atoms. The van der Waals surface area contributed by atoms with Crippen molar-refractivity contribution in [1.29, 1.82) is 5.26 Å². The number of allylic oxidation sites excluding steroid dienone is 1. The summed E-state index contributed by atoms with van der Waals surface area (Å²) in [7, 11) is 0. The molecule has 2 heterocycles. The second-order valence-corrected chi connectivity index (χ2v) is 7.76. The molecule has 0 fully saturated rings. The lowest BCUT2D eigenvalue weighted by atomic mass is 10.1. The highest BCUT2D eigenvalue weighted by Gasteiger charge is 2.23. The lowest BCUT2D eigenvalue weighted by Gasteiger charge is -2.04. The van der Waals surface area contributed by atoms with Crippen molar-refractivity contribution >= 4 is 29.0 Å². The third kappa shape index (κ3) is 4.47. The molecule has 0 amide bonds. The van der Waals surface area contributed by atoms with Gasteiger partial charge in [-0.15, -0.1) is 11.3 Å².